The molecule has 0 saturated carbocycles. The summed E-state index contributed by atoms with van der Waals surface area (Å²) in [6.45, 7) is 1.53. The first-order valence-corrected chi connectivity index (χ1v) is 7.04. The Morgan fingerprint density at radius 3 is 2.50 bits per heavy atom. The van der Waals surface area contributed by atoms with Crippen LogP contribution in [0.25, 0.3) is 0 Å². The first-order valence-electron chi connectivity index (χ1n) is 6.66. The van der Waals surface area contributed by atoms with E-state index in [4.69, 9.17) is 16.3 Å². The lowest BCUT2D eigenvalue weighted by molar-refractivity contribution is -0.152. The van der Waals surface area contributed by atoms with E-state index in [9.17, 15) is 9.59 Å². The van der Waals surface area contributed by atoms with Crippen LogP contribution in [0.5, 0.6) is 5.75 Å². The topological polar surface area (TPSA) is 58.6 Å². The molecule has 0 unspecified atom stereocenters. The smallest absolute Gasteiger partial charge is 0.264 e. The number of rotatable bonds is 3. The van der Waals surface area contributed by atoms with E-state index in [0.717, 1.165) is 25.9 Å². The highest BCUT2D eigenvalue weighted by Gasteiger charge is 2.48. The summed E-state index contributed by atoms with van der Waals surface area (Å²) in [5.74, 6) is 0.229. The summed E-state index contributed by atoms with van der Waals surface area (Å²) in [7, 11) is 0. The highest BCUT2D eigenvalue weighted by atomic mass is 35.5. The minimum atomic E-state index is -0.746. The van der Waals surface area contributed by atoms with Crippen LogP contribution in [0.4, 0.5) is 0 Å². The average molecular weight is 295 g/mol. The summed E-state index contributed by atoms with van der Waals surface area (Å²) < 4.78 is 5.59. The third kappa shape index (κ3) is 2.45. The van der Waals surface area contributed by atoms with Crippen molar-refractivity contribution in [1.82, 2.24) is 10.2 Å². The number of hydrogen-bond donors (Lipinski definition) is 1. The van der Waals surface area contributed by atoms with Crippen LogP contribution in [-0.2, 0) is 9.59 Å². The minimum absolute atomic E-state index is 0.0546. The Labute approximate surface area is 121 Å². The molecule has 6 heteroatoms. The van der Waals surface area contributed by atoms with Crippen molar-refractivity contribution in [2.75, 3.05) is 13.1 Å². The van der Waals surface area contributed by atoms with Gasteiger partial charge in [-0.3, -0.25) is 9.59 Å². The molecule has 2 fully saturated rings. The van der Waals surface area contributed by atoms with Crippen LogP contribution in [0.1, 0.15) is 12.8 Å². The van der Waals surface area contributed by atoms with E-state index in [0.29, 0.717) is 10.8 Å². The molecule has 2 saturated heterocycles. The van der Waals surface area contributed by atoms with Crippen LogP contribution in [0.3, 0.4) is 0 Å². The quantitative estimate of drug-likeness (QED) is 0.853. The van der Waals surface area contributed by atoms with Crippen molar-refractivity contribution in [2.45, 2.75) is 25.0 Å². The molecule has 3 rings (SSSR count). The molecule has 0 bridgehead atoms. The largest absolute Gasteiger partial charge is 0.478 e. The summed E-state index contributed by atoms with van der Waals surface area (Å²) in [6.07, 6.45) is 1.30. The Morgan fingerprint density at radius 2 is 1.90 bits per heavy atom. The monoisotopic (exact) mass is 294 g/mol. The molecule has 2 aliphatic heterocycles. The molecule has 106 valence electrons. The number of ether oxygens (including phenoxy) is 1. The van der Waals surface area contributed by atoms with Crippen molar-refractivity contribution in [2.24, 2.45) is 0 Å². The zero-order valence-corrected chi connectivity index (χ0v) is 11.6. The molecule has 5 nitrogen and oxygen atoms in total. The number of nitrogens with one attached hydrogen (secondary N) is 1. The van der Waals surface area contributed by atoms with Gasteiger partial charge in [-0.15, -0.1) is 0 Å². The molecule has 0 aliphatic carbocycles. The Hall–Kier alpha value is -1.75. The van der Waals surface area contributed by atoms with Gasteiger partial charge in [0.15, 0.2) is 6.04 Å². The molecule has 2 atom stereocenters. The molecule has 0 radical (unpaired) electrons. The molecule has 20 heavy (non-hydrogen) atoms. The number of nitrogens with zero attached hydrogens (tertiary/aromatic N) is 1. The Balaban J connectivity index is 1.66. The zero-order valence-electron chi connectivity index (χ0n) is 10.8. The van der Waals surface area contributed by atoms with Gasteiger partial charge in [-0.1, -0.05) is 11.6 Å². The van der Waals surface area contributed by atoms with Gasteiger partial charge in [0.05, 0.1) is 0 Å². The van der Waals surface area contributed by atoms with E-state index in [1.165, 1.54) is 0 Å². The van der Waals surface area contributed by atoms with E-state index < -0.39 is 12.1 Å². The van der Waals surface area contributed by atoms with E-state index in [1.54, 1.807) is 29.2 Å². The van der Waals surface area contributed by atoms with Gasteiger partial charge in [0.2, 0.25) is 12.0 Å². The van der Waals surface area contributed by atoms with Crippen molar-refractivity contribution < 1.29 is 14.3 Å². The Morgan fingerprint density at radius 1 is 1.25 bits per heavy atom. The SMILES string of the molecule is O=C1N[C@H](C(=O)N2CCCC2)[C@@H]1Oc1ccc(Cl)cc1. The number of carbonyl (C=O) groups excluding carboxylic acids is 2. The van der Waals surface area contributed by atoms with Gasteiger partial charge >= 0.3 is 0 Å². The molecule has 0 aromatic heterocycles. The Bertz CT molecular complexity index is 526. The number of likely N-dealkylation sites (tertiary alicyclic amines) is 1. The predicted molar refractivity (Wildman–Crippen MR) is 73.6 cm³/mol. The van der Waals surface area contributed by atoms with Crippen molar-refractivity contribution in [3.8, 4) is 5.75 Å². The van der Waals surface area contributed by atoms with Crippen molar-refractivity contribution >= 4 is 23.4 Å². The van der Waals surface area contributed by atoms with Crippen LogP contribution in [0, 0.1) is 0 Å². The normalized spacial score (nSPS) is 25.1. The maximum absolute atomic E-state index is 12.2. The standard InChI is InChI=1S/C14H15ClN2O3/c15-9-3-5-10(6-4-9)20-12-11(16-13(12)18)14(19)17-7-1-2-8-17/h3-6,11-12H,1-2,7-8H2,(H,16,18)/t11-,12-/m0/s1. The van der Waals surface area contributed by atoms with Gasteiger partial charge in [0.25, 0.3) is 5.91 Å². The molecule has 1 aromatic rings. The molecule has 0 spiro atoms. The Kier molecular flexibility index (Phi) is 3.53. The van der Waals surface area contributed by atoms with E-state index in [-0.39, 0.29) is 11.8 Å². The van der Waals surface area contributed by atoms with Gasteiger partial charge in [-0.05, 0) is 37.1 Å². The summed E-state index contributed by atoms with van der Waals surface area (Å²) in [5, 5.41) is 3.22. The third-order valence-electron chi connectivity index (χ3n) is 3.62. The third-order valence-corrected chi connectivity index (χ3v) is 3.87. The van der Waals surface area contributed by atoms with Crippen LogP contribution in [0.15, 0.2) is 24.3 Å². The second-order valence-corrected chi connectivity index (χ2v) is 5.45. The summed E-state index contributed by atoms with van der Waals surface area (Å²) >= 11 is 5.79. The number of amides is 2. The second kappa shape index (κ2) is 5.32. The highest BCUT2D eigenvalue weighted by molar-refractivity contribution is 6.30. The molecule has 1 N–H and O–H groups in total. The number of halogens is 1. The molecule has 2 aliphatic rings. The van der Waals surface area contributed by atoms with Gasteiger partial charge < -0.3 is 15.0 Å². The van der Waals surface area contributed by atoms with Crippen LogP contribution >= 0.6 is 11.6 Å². The van der Waals surface area contributed by atoms with Gasteiger partial charge in [-0.2, -0.15) is 0 Å². The summed E-state index contributed by atoms with van der Waals surface area (Å²) in [4.78, 5) is 25.6. The summed E-state index contributed by atoms with van der Waals surface area (Å²) in [6, 6.07) is 6.17. The minimum Gasteiger partial charge on any atom is -0.478 e. The fraction of sp³-hybridized carbons (Fsp3) is 0.429. The first kappa shape index (κ1) is 13.2. The van der Waals surface area contributed by atoms with E-state index >= 15 is 0 Å². The second-order valence-electron chi connectivity index (χ2n) is 5.01. The van der Waals surface area contributed by atoms with E-state index in [2.05, 4.69) is 5.32 Å². The van der Waals surface area contributed by atoms with E-state index in [1.807, 2.05) is 0 Å². The molecular formula is C14H15ClN2O3. The maximum Gasteiger partial charge on any atom is 0.264 e. The van der Waals surface area contributed by atoms with Gasteiger partial charge in [-0.25, -0.2) is 0 Å². The van der Waals surface area contributed by atoms with Gasteiger partial charge in [0.1, 0.15) is 5.75 Å². The van der Waals surface area contributed by atoms with Gasteiger partial charge in [0, 0.05) is 18.1 Å². The maximum atomic E-state index is 12.2. The molecular weight excluding hydrogens is 280 g/mol. The zero-order chi connectivity index (χ0) is 14.1. The number of carbonyl (C=O) groups is 2. The lowest BCUT2D eigenvalue weighted by Gasteiger charge is -2.37. The average Bonchev–Trinajstić information content (AvgIpc) is 2.97. The molecule has 1 aromatic carbocycles. The fourth-order valence-electron chi connectivity index (χ4n) is 2.47. The first-order chi connectivity index (χ1) is 9.65. The van der Waals surface area contributed by atoms with Crippen molar-refractivity contribution in [1.29, 1.82) is 0 Å². The van der Waals surface area contributed by atoms with Crippen LogP contribution in [-0.4, -0.2) is 41.9 Å². The van der Waals surface area contributed by atoms with Crippen LogP contribution < -0.4 is 10.1 Å². The predicted octanol–water partition coefficient (Wildman–Crippen LogP) is 1.21. The molecule has 2 amide bonds. The van der Waals surface area contributed by atoms with Crippen LogP contribution in [0.2, 0.25) is 5.02 Å². The summed E-state index contributed by atoms with van der Waals surface area (Å²) in [5.41, 5.74) is 0. The molecule has 2 heterocycles. The highest BCUT2D eigenvalue weighted by Crippen LogP contribution is 2.22. The van der Waals surface area contributed by atoms with Crippen molar-refractivity contribution in [3.63, 3.8) is 0 Å². The van der Waals surface area contributed by atoms with Crippen molar-refractivity contribution in [3.05, 3.63) is 29.3 Å². The number of hydrogen-bond acceptors (Lipinski definition) is 3. The number of benzene rings is 1. The lowest BCUT2D eigenvalue weighted by Crippen LogP contribution is -2.70. The fourth-order valence-corrected chi connectivity index (χ4v) is 2.60. The number of β-lactam (4-membered cyclic amide) rings is 1. The lowest BCUT2D eigenvalue weighted by atomic mass is 10.0.